The molecule has 10 nitrogen and oxygen atoms in total. The minimum atomic E-state index is -2.74. The largest absolute Gasteiger partial charge is 0.465 e. The third kappa shape index (κ3) is 4.11. The van der Waals surface area contributed by atoms with Crippen LogP contribution in [-0.2, 0) is 5.54 Å². The molecule has 0 radical (unpaired) electrons. The van der Waals surface area contributed by atoms with Gasteiger partial charge in [0.15, 0.2) is 0 Å². The molecule has 4 rings (SSSR count). The second-order valence-electron chi connectivity index (χ2n) is 8.81. The van der Waals surface area contributed by atoms with Crippen LogP contribution in [0.5, 0.6) is 0 Å². The molecule has 1 fully saturated rings. The molecule has 1 unspecified atom stereocenters. The molecular weight excluding hydrogens is 506 g/mol. The Labute approximate surface area is 205 Å². The summed E-state index contributed by atoms with van der Waals surface area (Å²) in [4.78, 5) is 36.6. The zero-order valence-corrected chi connectivity index (χ0v) is 20.5. The highest BCUT2D eigenvalue weighted by molar-refractivity contribution is 8.29. The Morgan fingerprint density at radius 3 is 2.63 bits per heavy atom. The lowest BCUT2D eigenvalue weighted by atomic mass is 9.89. The molecule has 1 saturated heterocycles. The summed E-state index contributed by atoms with van der Waals surface area (Å²) in [6.07, 6.45) is -0.114. The number of fused-ring (bicyclic) bond motifs is 1. The Hall–Kier alpha value is -2.87. The van der Waals surface area contributed by atoms with E-state index in [1.165, 1.54) is 6.07 Å². The van der Waals surface area contributed by atoms with E-state index in [0.717, 1.165) is 18.3 Å². The lowest BCUT2D eigenvalue weighted by Gasteiger charge is -2.56. The molecule has 0 bridgehead atoms. The molecule has 0 spiro atoms. The zero-order chi connectivity index (χ0) is 25.8. The van der Waals surface area contributed by atoms with Crippen LogP contribution in [0, 0.1) is 11.6 Å². The molecule has 2 aromatic heterocycles. The smallest absolute Gasteiger partial charge is 0.410 e. The number of hydrogen-bond acceptors (Lipinski definition) is 7. The number of halogens is 3. The van der Waals surface area contributed by atoms with E-state index in [1.54, 1.807) is 20.8 Å². The van der Waals surface area contributed by atoms with Gasteiger partial charge in [-0.05, 0) is 45.4 Å². The number of pyridine rings is 2. The van der Waals surface area contributed by atoms with Gasteiger partial charge < -0.3 is 15.0 Å². The van der Waals surface area contributed by atoms with E-state index >= 15 is 4.39 Å². The van der Waals surface area contributed by atoms with Gasteiger partial charge in [0.1, 0.15) is 40.2 Å². The van der Waals surface area contributed by atoms with Gasteiger partial charge in [0.25, 0.3) is 5.91 Å². The first-order valence-electron chi connectivity index (χ1n) is 10.5. The van der Waals surface area contributed by atoms with Gasteiger partial charge in [0, 0.05) is 6.54 Å². The van der Waals surface area contributed by atoms with E-state index in [0.29, 0.717) is 13.0 Å². The van der Waals surface area contributed by atoms with Crippen molar-refractivity contribution in [3.8, 4) is 0 Å². The molecular formula is C21H23ClF2N6O4S. The highest BCUT2D eigenvalue weighted by Crippen LogP contribution is 2.67. The first kappa shape index (κ1) is 25.2. The van der Waals surface area contributed by atoms with Crippen LogP contribution < -0.4 is 15.4 Å². The number of carboxylic acid groups (broad SMARTS) is 1. The van der Waals surface area contributed by atoms with Gasteiger partial charge in [0.2, 0.25) is 0 Å². The third-order valence-electron chi connectivity index (χ3n) is 6.27. The van der Waals surface area contributed by atoms with Crippen molar-refractivity contribution in [2.24, 2.45) is 4.99 Å². The fourth-order valence-corrected chi connectivity index (χ4v) is 8.08. The van der Waals surface area contributed by atoms with E-state index < -0.39 is 49.7 Å². The van der Waals surface area contributed by atoms with Crippen molar-refractivity contribution < 1.29 is 28.0 Å². The highest BCUT2D eigenvalue weighted by Gasteiger charge is 2.62. The summed E-state index contributed by atoms with van der Waals surface area (Å²) in [5.74, 6) is -2.36. The molecule has 3 atom stereocenters. The number of amides is 2. The Morgan fingerprint density at radius 2 is 1.97 bits per heavy atom. The molecule has 35 heavy (non-hydrogen) atoms. The van der Waals surface area contributed by atoms with Crippen molar-refractivity contribution in [2.45, 2.75) is 42.7 Å². The number of amidine groups is 1. The number of carbonyl (C=O) groups excluding carboxylic acids is 1. The molecule has 0 aliphatic carbocycles. The molecule has 0 aromatic carbocycles. The molecule has 4 heterocycles. The number of aliphatic imine (C=N–C) groups is 1. The van der Waals surface area contributed by atoms with E-state index in [-0.39, 0.29) is 28.1 Å². The quantitative estimate of drug-likeness (QED) is 0.405. The summed E-state index contributed by atoms with van der Waals surface area (Å²) in [6.45, 7) is 5.32. The maximum Gasteiger partial charge on any atom is 0.410 e. The van der Waals surface area contributed by atoms with E-state index in [9.17, 15) is 23.6 Å². The molecule has 14 heteroatoms. The normalized spacial score (nSPS) is 28.9. The van der Waals surface area contributed by atoms with Crippen molar-refractivity contribution in [3.05, 3.63) is 52.4 Å². The molecule has 188 valence electrons. The van der Waals surface area contributed by atoms with Gasteiger partial charge in [0.05, 0.1) is 21.2 Å². The van der Waals surface area contributed by atoms with Gasteiger partial charge in [-0.2, -0.15) is 0 Å². The fraction of sp³-hybridized carbons (Fsp3) is 0.381. The first-order chi connectivity index (χ1) is 16.3. The highest BCUT2D eigenvalue weighted by atomic mass is 35.5. The fourth-order valence-electron chi connectivity index (χ4n) is 4.46. The monoisotopic (exact) mass is 528 g/mol. The van der Waals surface area contributed by atoms with Gasteiger partial charge in [-0.3, -0.25) is 19.8 Å². The van der Waals surface area contributed by atoms with Crippen LogP contribution in [0.25, 0.3) is 0 Å². The lowest BCUT2D eigenvalue weighted by Crippen LogP contribution is -2.59. The van der Waals surface area contributed by atoms with Crippen LogP contribution in [0.4, 0.5) is 19.4 Å². The van der Waals surface area contributed by atoms with Gasteiger partial charge in [-0.25, -0.2) is 23.5 Å². The molecule has 0 saturated carbocycles. The van der Waals surface area contributed by atoms with E-state index in [4.69, 9.17) is 11.6 Å². The first-order valence-corrected chi connectivity index (χ1v) is 12.5. The Bertz CT molecular complexity index is 1260. The van der Waals surface area contributed by atoms with Crippen molar-refractivity contribution in [1.29, 1.82) is 0 Å². The van der Waals surface area contributed by atoms with Crippen molar-refractivity contribution >= 4 is 45.7 Å². The number of carbonyl (C=O) groups is 2. The summed E-state index contributed by atoms with van der Waals surface area (Å²) in [5, 5.41) is 13.2. The number of nitrogens with one attached hydrogen (secondary N) is 3. The summed E-state index contributed by atoms with van der Waals surface area (Å²) in [6, 6.07) is 3.23. The Balaban J connectivity index is 1.79. The average Bonchev–Trinajstić information content (AvgIpc) is 3.18. The topological polar surface area (TPSA) is 149 Å². The van der Waals surface area contributed by atoms with E-state index in [2.05, 4.69) is 30.3 Å². The molecule has 2 amide bonds. The molecule has 2 aromatic rings. The van der Waals surface area contributed by atoms with Crippen LogP contribution in [0.15, 0.2) is 29.4 Å². The molecule has 5 N–H and O–H groups in total. The maximum absolute atomic E-state index is 15.2. The lowest BCUT2D eigenvalue weighted by molar-refractivity contribution is 0.102. The Kier molecular flexibility index (Phi) is 6.24. The summed E-state index contributed by atoms with van der Waals surface area (Å²) < 4.78 is 42.2. The van der Waals surface area contributed by atoms with E-state index in [1.807, 2.05) is 0 Å². The van der Waals surface area contributed by atoms with Crippen molar-refractivity contribution in [1.82, 2.24) is 20.0 Å². The number of rotatable bonds is 3. The maximum atomic E-state index is 15.2. The summed E-state index contributed by atoms with van der Waals surface area (Å²) >= 11 is 5.90. The molecule has 2 aliphatic heterocycles. The second-order valence-corrected chi connectivity index (χ2v) is 12.3. The number of anilines is 1. The number of nitrogens with zero attached hydrogens (tertiary/aromatic N) is 3. The average molecular weight is 529 g/mol. The van der Waals surface area contributed by atoms with Crippen LogP contribution >= 0.6 is 22.1 Å². The number of hydrogen-bond donors (Lipinski definition) is 5. The van der Waals surface area contributed by atoms with Crippen LogP contribution in [0.2, 0.25) is 5.02 Å². The standard InChI is InChI=1S/C21H23ClF2N6O4S/c1-20(2)18(29-19(32)33)30-21(3,13-6-7-26-35(13,20)34)16-12(24)4-5-14(27-16)28-17(31)15-11(22)8-10(23)9-25-15/h4-5,8-9,13,26,34H,6-7H2,1-3H3,(H,29,30)(H,32,33)(H,27,28,31)/t13-,21-/m0/s1. The Morgan fingerprint density at radius 1 is 1.26 bits per heavy atom. The van der Waals surface area contributed by atoms with Crippen molar-refractivity contribution in [3.63, 3.8) is 0 Å². The number of aromatic nitrogens is 2. The second kappa shape index (κ2) is 8.66. The predicted octanol–water partition coefficient (Wildman–Crippen LogP) is 3.89. The van der Waals surface area contributed by atoms with Gasteiger partial charge in [-0.15, -0.1) is 0 Å². The minimum absolute atomic E-state index is 0.0337. The summed E-state index contributed by atoms with van der Waals surface area (Å²) in [5.41, 5.74) is -1.92. The zero-order valence-electron chi connectivity index (χ0n) is 18.9. The van der Waals surface area contributed by atoms with Crippen LogP contribution in [-0.4, -0.2) is 54.0 Å². The van der Waals surface area contributed by atoms with Gasteiger partial charge >= 0.3 is 6.09 Å². The van der Waals surface area contributed by atoms with Crippen LogP contribution in [0.1, 0.15) is 43.4 Å². The molecule has 2 aliphatic rings. The predicted molar refractivity (Wildman–Crippen MR) is 128 cm³/mol. The summed E-state index contributed by atoms with van der Waals surface area (Å²) in [7, 11) is -2.74. The SMILES string of the molecule is CC1(C)C(NC(=O)O)=N[C@](C)(c2nc(NC(=O)c3ncc(F)cc3Cl)ccc2F)[C@@H]2CCNS21O. The van der Waals surface area contributed by atoms with Crippen LogP contribution in [0.3, 0.4) is 0 Å². The van der Waals surface area contributed by atoms with Gasteiger partial charge in [-0.1, -0.05) is 22.1 Å². The minimum Gasteiger partial charge on any atom is -0.465 e. The third-order valence-corrected chi connectivity index (χ3v) is 10.5. The van der Waals surface area contributed by atoms with Crippen molar-refractivity contribution in [2.75, 3.05) is 11.9 Å².